The molecule has 0 N–H and O–H groups in total. The minimum absolute atomic E-state index is 1.40. The molecule has 186 valence electrons. The molecule has 31 heavy (non-hydrogen) atoms. The molecule has 21 heteroatoms. The standard InChI is InChI=1S/C10F20O/c11-1(2(12,13)4(16,17)5(18,19)8(23,24)25)3(14,15)7(22,31-10(1,29)30)6(20,21)9(26,27)28. The molecule has 1 fully saturated rings. The molecule has 1 aliphatic rings. The summed E-state index contributed by atoms with van der Waals surface area (Å²) in [6.07, 6.45) is -23.8. The largest absolute Gasteiger partial charge is 0.460 e. The zero-order chi connectivity index (χ0) is 25.7. The van der Waals surface area contributed by atoms with Crippen molar-refractivity contribution in [1.29, 1.82) is 0 Å². The number of ether oxygens (including phenoxy) is 1. The van der Waals surface area contributed by atoms with Crippen LogP contribution in [0.3, 0.4) is 0 Å². The van der Waals surface area contributed by atoms with Crippen LogP contribution in [0.15, 0.2) is 0 Å². The van der Waals surface area contributed by atoms with Gasteiger partial charge in [-0.1, -0.05) is 0 Å². The summed E-state index contributed by atoms with van der Waals surface area (Å²) >= 11 is 0. The van der Waals surface area contributed by atoms with Gasteiger partial charge < -0.3 is 0 Å². The van der Waals surface area contributed by atoms with Crippen molar-refractivity contribution >= 4 is 0 Å². The number of hydrogen-bond acceptors (Lipinski definition) is 1. The molecule has 2 unspecified atom stereocenters. The van der Waals surface area contributed by atoms with Gasteiger partial charge in [-0.25, -0.2) is 4.39 Å². The SMILES string of the molecule is FC(F)(F)C(F)(F)C(F)(F)C(F)(F)C1(F)C(F)(F)OC(F)(C(F)(F)C(F)(F)F)C1(F)F. The Kier molecular flexibility index (Phi) is 5.44. The van der Waals surface area contributed by atoms with Crippen molar-refractivity contribution in [2.45, 2.75) is 59.6 Å². The Morgan fingerprint density at radius 3 is 1.10 bits per heavy atom. The fourth-order valence-corrected chi connectivity index (χ4v) is 2.13. The van der Waals surface area contributed by atoms with Crippen LogP contribution in [0.5, 0.6) is 0 Å². The number of rotatable bonds is 4. The molecule has 0 bridgehead atoms. The average Bonchev–Trinajstić information content (AvgIpc) is 2.60. The van der Waals surface area contributed by atoms with Crippen molar-refractivity contribution in [3.63, 3.8) is 0 Å². The van der Waals surface area contributed by atoms with Gasteiger partial charge in [-0.05, 0) is 0 Å². The maximum absolute atomic E-state index is 14.0. The van der Waals surface area contributed by atoms with Crippen molar-refractivity contribution in [1.82, 2.24) is 0 Å². The van der Waals surface area contributed by atoms with Crippen LogP contribution in [0, 0.1) is 0 Å². The van der Waals surface area contributed by atoms with E-state index >= 15 is 0 Å². The van der Waals surface area contributed by atoms with E-state index in [0.29, 0.717) is 0 Å². The van der Waals surface area contributed by atoms with Gasteiger partial charge in [0, 0.05) is 0 Å². The first-order valence-electron chi connectivity index (χ1n) is 6.44. The van der Waals surface area contributed by atoms with Gasteiger partial charge in [-0.2, -0.15) is 83.4 Å². The van der Waals surface area contributed by atoms with Crippen LogP contribution < -0.4 is 0 Å². The lowest BCUT2D eigenvalue weighted by Gasteiger charge is -2.42. The predicted octanol–water partition coefficient (Wildman–Crippen LogP) is 6.28. The first kappa shape index (κ1) is 27.6. The zero-order valence-corrected chi connectivity index (χ0v) is 13.0. The number of hydrogen-bond donors (Lipinski definition) is 0. The second-order valence-electron chi connectivity index (χ2n) is 5.74. The van der Waals surface area contributed by atoms with Crippen molar-refractivity contribution in [3.05, 3.63) is 0 Å². The first-order valence-corrected chi connectivity index (χ1v) is 6.44. The Morgan fingerprint density at radius 1 is 0.452 bits per heavy atom. The minimum atomic E-state index is -8.92. The van der Waals surface area contributed by atoms with E-state index in [2.05, 4.69) is 0 Å². The fraction of sp³-hybridized carbons (Fsp3) is 1.00. The molecule has 1 saturated heterocycles. The van der Waals surface area contributed by atoms with Gasteiger partial charge in [0.1, 0.15) is 0 Å². The molecule has 0 amide bonds. The van der Waals surface area contributed by atoms with Crippen LogP contribution in [-0.2, 0) is 4.74 Å². The van der Waals surface area contributed by atoms with E-state index in [1.807, 2.05) is 0 Å². The van der Waals surface area contributed by atoms with E-state index in [4.69, 9.17) is 0 Å². The third-order valence-corrected chi connectivity index (χ3v) is 3.84. The molecule has 0 aromatic heterocycles. The molecule has 2 atom stereocenters. The predicted molar refractivity (Wildman–Crippen MR) is 50.6 cm³/mol. The lowest BCUT2D eigenvalue weighted by molar-refractivity contribution is -0.442. The summed E-state index contributed by atoms with van der Waals surface area (Å²) in [5.41, 5.74) is -8.66. The first-order chi connectivity index (χ1) is 13.0. The molecule has 1 rings (SSSR count). The Bertz CT molecular complexity index is 714. The molecule has 0 spiro atoms. The third-order valence-electron chi connectivity index (χ3n) is 3.84. The highest BCUT2D eigenvalue weighted by Gasteiger charge is 3.05. The van der Waals surface area contributed by atoms with Crippen LogP contribution in [0.2, 0.25) is 0 Å². The molecule has 1 nitrogen and oxygen atoms in total. The summed E-state index contributed by atoms with van der Waals surface area (Å²) < 4.78 is 259. The summed E-state index contributed by atoms with van der Waals surface area (Å²) in [5.74, 6) is -50.8. The Hall–Kier alpha value is -1.44. The second-order valence-corrected chi connectivity index (χ2v) is 5.74. The van der Waals surface area contributed by atoms with Crippen LogP contribution in [-0.4, -0.2) is 59.6 Å². The molecule has 1 heterocycles. The molecule has 1 aliphatic heterocycles. The number of halogens is 20. The van der Waals surface area contributed by atoms with Crippen LogP contribution >= 0.6 is 0 Å². The van der Waals surface area contributed by atoms with Gasteiger partial charge >= 0.3 is 59.6 Å². The third kappa shape index (κ3) is 2.75. The lowest BCUT2D eigenvalue weighted by Crippen LogP contribution is -2.76. The molecule has 0 aromatic carbocycles. The van der Waals surface area contributed by atoms with E-state index in [9.17, 15) is 87.8 Å². The molecule has 0 aliphatic carbocycles. The summed E-state index contributed by atoms with van der Waals surface area (Å²) in [4.78, 5) is 0. The highest BCUT2D eigenvalue weighted by atomic mass is 19.4. The normalized spacial score (nSPS) is 30.6. The summed E-state index contributed by atoms with van der Waals surface area (Å²) in [6.45, 7) is 0. The quantitative estimate of drug-likeness (QED) is 0.400. The summed E-state index contributed by atoms with van der Waals surface area (Å²) in [6, 6.07) is 0. The second kappa shape index (κ2) is 6.12. The highest BCUT2D eigenvalue weighted by molar-refractivity contribution is 5.26. The van der Waals surface area contributed by atoms with Gasteiger partial charge in [0.25, 0.3) is 0 Å². The van der Waals surface area contributed by atoms with Crippen molar-refractivity contribution in [2.75, 3.05) is 0 Å². The molecule has 0 radical (unpaired) electrons. The van der Waals surface area contributed by atoms with E-state index < -0.39 is 59.6 Å². The summed E-state index contributed by atoms with van der Waals surface area (Å²) in [7, 11) is 0. The van der Waals surface area contributed by atoms with Crippen LogP contribution in [0.4, 0.5) is 87.8 Å². The smallest absolute Gasteiger partial charge is 0.269 e. The van der Waals surface area contributed by atoms with E-state index in [0.717, 1.165) is 0 Å². The van der Waals surface area contributed by atoms with Crippen molar-refractivity contribution in [3.8, 4) is 0 Å². The topological polar surface area (TPSA) is 9.23 Å². The monoisotopic (exact) mass is 516 g/mol. The van der Waals surface area contributed by atoms with Gasteiger partial charge in [-0.15, -0.1) is 0 Å². The molecular formula is C10F20O. The Labute approximate surface area is 153 Å². The zero-order valence-electron chi connectivity index (χ0n) is 13.0. The Morgan fingerprint density at radius 2 is 0.806 bits per heavy atom. The lowest BCUT2D eigenvalue weighted by atomic mass is 9.80. The maximum atomic E-state index is 14.0. The average molecular weight is 516 g/mol. The summed E-state index contributed by atoms with van der Waals surface area (Å²) in [5, 5.41) is 0. The highest BCUT2D eigenvalue weighted by Crippen LogP contribution is 2.72. The van der Waals surface area contributed by atoms with Crippen molar-refractivity contribution in [2.24, 2.45) is 0 Å². The molecular weight excluding hydrogens is 516 g/mol. The molecule has 0 saturated carbocycles. The van der Waals surface area contributed by atoms with E-state index in [1.165, 1.54) is 4.74 Å². The van der Waals surface area contributed by atoms with Crippen LogP contribution in [0.25, 0.3) is 0 Å². The van der Waals surface area contributed by atoms with E-state index in [-0.39, 0.29) is 0 Å². The van der Waals surface area contributed by atoms with Gasteiger partial charge in [0.15, 0.2) is 0 Å². The fourth-order valence-electron chi connectivity index (χ4n) is 2.13. The van der Waals surface area contributed by atoms with Crippen molar-refractivity contribution < 1.29 is 92.5 Å². The Balaban J connectivity index is 3.98. The molecule has 0 aromatic rings. The minimum Gasteiger partial charge on any atom is -0.269 e. The van der Waals surface area contributed by atoms with Gasteiger partial charge in [0.05, 0.1) is 0 Å². The van der Waals surface area contributed by atoms with E-state index in [1.54, 1.807) is 0 Å². The van der Waals surface area contributed by atoms with Crippen LogP contribution in [0.1, 0.15) is 0 Å². The van der Waals surface area contributed by atoms with Gasteiger partial charge in [-0.3, -0.25) is 4.74 Å². The maximum Gasteiger partial charge on any atom is 0.460 e. The van der Waals surface area contributed by atoms with Gasteiger partial charge in [0.2, 0.25) is 0 Å². The number of alkyl halides is 20.